The Bertz CT molecular complexity index is 1130. The number of halogens is 1. The van der Waals surface area contributed by atoms with Crippen LogP contribution < -0.4 is 10.2 Å². The molecule has 1 saturated heterocycles. The van der Waals surface area contributed by atoms with Crippen molar-refractivity contribution in [1.29, 1.82) is 0 Å². The van der Waals surface area contributed by atoms with Crippen LogP contribution >= 0.6 is 11.6 Å². The van der Waals surface area contributed by atoms with Gasteiger partial charge in [0.2, 0.25) is 5.91 Å². The number of nitrogens with zero attached hydrogens (tertiary/aromatic N) is 4. The van der Waals surface area contributed by atoms with Crippen molar-refractivity contribution in [2.75, 3.05) is 44.2 Å². The number of hydrogen-bond acceptors (Lipinski definition) is 4. The normalized spacial score (nSPS) is 14.6. The molecule has 7 heteroatoms. The number of aromatic nitrogens is 2. The Labute approximate surface area is 206 Å². The van der Waals surface area contributed by atoms with E-state index in [0.717, 1.165) is 60.3 Å². The second-order valence-electron chi connectivity index (χ2n) is 8.62. The van der Waals surface area contributed by atoms with Gasteiger partial charge in [-0.1, -0.05) is 48.0 Å². The maximum atomic E-state index is 12.4. The molecule has 0 bridgehead atoms. The SMILES string of the molecule is Cc1nn(Cc2ccccc2Cl)c(C)c1/C=C/C(=O)NCCN1CCN(c2ccccc2)CC1. The smallest absolute Gasteiger partial charge is 0.244 e. The van der Waals surface area contributed by atoms with Crippen molar-refractivity contribution < 1.29 is 4.79 Å². The fourth-order valence-electron chi connectivity index (χ4n) is 4.32. The largest absolute Gasteiger partial charge is 0.369 e. The number of nitrogens with one attached hydrogen (secondary N) is 1. The van der Waals surface area contributed by atoms with Gasteiger partial charge in [-0.05, 0) is 43.7 Å². The molecule has 1 aliphatic rings. The molecule has 0 aliphatic carbocycles. The van der Waals surface area contributed by atoms with Crippen molar-refractivity contribution >= 4 is 29.3 Å². The summed E-state index contributed by atoms with van der Waals surface area (Å²) in [7, 11) is 0. The fraction of sp³-hybridized carbons (Fsp3) is 0.333. The van der Waals surface area contributed by atoms with Crippen LogP contribution in [0.15, 0.2) is 60.7 Å². The van der Waals surface area contributed by atoms with Crippen LogP contribution in [-0.2, 0) is 11.3 Å². The van der Waals surface area contributed by atoms with E-state index in [1.807, 2.05) is 54.9 Å². The van der Waals surface area contributed by atoms with Gasteiger partial charge in [0.25, 0.3) is 0 Å². The van der Waals surface area contributed by atoms with Crippen molar-refractivity contribution in [3.05, 3.63) is 88.2 Å². The number of carbonyl (C=O) groups is 1. The van der Waals surface area contributed by atoms with E-state index in [0.29, 0.717) is 13.1 Å². The van der Waals surface area contributed by atoms with Crippen LogP contribution in [0.25, 0.3) is 6.08 Å². The van der Waals surface area contributed by atoms with Crippen molar-refractivity contribution in [3.8, 4) is 0 Å². The summed E-state index contributed by atoms with van der Waals surface area (Å²) in [6, 6.07) is 18.3. The van der Waals surface area contributed by atoms with Gasteiger partial charge in [-0.3, -0.25) is 14.4 Å². The summed E-state index contributed by atoms with van der Waals surface area (Å²) in [5.74, 6) is -0.0828. The minimum Gasteiger partial charge on any atom is -0.369 e. The van der Waals surface area contributed by atoms with E-state index in [-0.39, 0.29) is 5.91 Å². The third-order valence-electron chi connectivity index (χ3n) is 6.34. The zero-order valence-corrected chi connectivity index (χ0v) is 20.6. The van der Waals surface area contributed by atoms with Gasteiger partial charge < -0.3 is 10.2 Å². The van der Waals surface area contributed by atoms with Crippen LogP contribution in [0.3, 0.4) is 0 Å². The summed E-state index contributed by atoms with van der Waals surface area (Å²) in [4.78, 5) is 17.2. The van der Waals surface area contributed by atoms with Crippen LogP contribution in [0.5, 0.6) is 0 Å². The monoisotopic (exact) mass is 477 g/mol. The quantitative estimate of drug-likeness (QED) is 0.495. The lowest BCUT2D eigenvalue weighted by Crippen LogP contribution is -2.48. The molecule has 0 atom stereocenters. The Morgan fingerprint density at radius 1 is 1.03 bits per heavy atom. The number of para-hydroxylation sites is 1. The third-order valence-corrected chi connectivity index (χ3v) is 6.71. The van der Waals surface area contributed by atoms with E-state index in [1.54, 1.807) is 6.08 Å². The summed E-state index contributed by atoms with van der Waals surface area (Å²) in [6.07, 6.45) is 3.46. The van der Waals surface area contributed by atoms with E-state index in [9.17, 15) is 4.79 Å². The maximum absolute atomic E-state index is 12.4. The summed E-state index contributed by atoms with van der Waals surface area (Å²) in [5.41, 5.74) is 5.18. The lowest BCUT2D eigenvalue weighted by Gasteiger charge is -2.36. The summed E-state index contributed by atoms with van der Waals surface area (Å²) < 4.78 is 1.93. The molecular weight excluding hydrogens is 446 g/mol. The van der Waals surface area contributed by atoms with Crippen LogP contribution in [0, 0.1) is 13.8 Å². The van der Waals surface area contributed by atoms with Gasteiger partial charge >= 0.3 is 0 Å². The predicted octanol–water partition coefficient (Wildman–Crippen LogP) is 4.15. The van der Waals surface area contributed by atoms with E-state index < -0.39 is 0 Å². The second-order valence-corrected chi connectivity index (χ2v) is 9.03. The molecule has 0 unspecified atom stereocenters. The molecule has 4 rings (SSSR count). The zero-order valence-electron chi connectivity index (χ0n) is 19.9. The Hall–Kier alpha value is -3.09. The number of carbonyl (C=O) groups excluding carboxylic acids is 1. The molecule has 1 amide bonds. The number of anilines is 1. The van der Waals surface area contributed by atoms with Crippen LogP contribution in [-0.4, -0.2) is 59.9 Å². The van der Waals surface area contributed by atoms with Gasteiger partial charge in [-0.2, -0.15) is 5.10 Å². The Morgan fingerprint density at radius 3 is 2.47 bits per heavy atom. The van der Waals surface area contributed by atoms with Crippen LogP contribution in [0.1, 0.15) is 22.5 Å². The molecule has 1 aliphatic heterocycles. The number of rotatable bonds is 8. The van der Waals surface area contributed by atoms with Crippen molar-refractivity contribution in [2.24, 2.45) is 0 Å². The second kappa shape index (κ2) is 11.4. The first kappa shape index (κ1) is 24.0. The third kappa shape index (κ3) is 6.07. The Morgan fingerprint density at radius 2 is 1.74 bits per heavy atom. The minimum atomic E-state index is -0.0828. The Kier molecular flexibility index (Phi) is 8.03. The topological polar surface area (TPSA) is 53.4 Å². The fourth-order valence-corrected chi connectivity index (χ4v) is 4.51. The summed E-state index contributed by atoms with van der Waals surface area (Å²) >= 11 is 6.30. The number of piperazine rings is 1. The molecule has 1 fully saturated rings. The maximum Gasteiger partial charge on any atom is 0.244 e. The van der Waals surface area contributed by atoms with Crippen LogP contribution in [0.4, 0.5) is 5.69 Å². The molecule has 0 spiro atoms. The molecule has 3 aromatic rings. The van der Waals surface area contributed by atoms with Gasteiger partial charge in [0, 0.05) is 67.3 Å². The van der Waals surface area contributed by atoms with E-state index in [2.05, 4.69) is 44.5 Å². The number of benzene rings is 2. The average molecular weight is 478 g/mol. The zero-order chi connectivity index (χ0) is 23.9. The van der Waals surface area contributed by atoms with Crippen molar-refractivity contribution in [2.45, 2.75) is 20.4 Å². The molecule has 2 aromatic carbocycles. The predicted molar refractivity (Wildman–Crippen MR) is 139 cm³/mol. The van der Waals surface area contributed by atoms with Gasteiger partial charge in [0.05, 0.1) is 12.2 Å². The van der Waals surface area contributed by atoms with Crippen molar-refractivity contribution in [1.82, 2.24) is 20.0 Å². The lowest BCUT2D eigenvalue weighted by atomic mass is 10.1. The standard InChI is InChI=1S/C27H32ClN5O/c1-21-25(22(2)33(30-21)20-23-8-6-7-11-26(23)28)12-13-27(34)29-14-15-31-16-18-32(19-17-31)24-9-4-3-5-10-24/h3-13H,14-20H2,1-2H3,(H,29,34)/b13-12+. The van der Waals surface area contributed by atoms with E-state index in [1.165, 1.54) is 5.69 Å². The van der Waals surface area contributed by atoms with E-state index >= 15 is 0 Å². The highest BCUT2D eigenvalue weighted by atomic mass is 35.5. The van der Waals surface area contributed by atoms with Gasteiger partial charge in [0.1, 0.15) is 0 Å². The van der Waals surface area contributed by atoms with E-state index in [4.69, 9.17) is 11.6 Å². The molecule has 0 saturated carbocycles. The highest BCUT2D eigenvalue weighted by molar-refractivity contribution is 6.31. The molecule has 1 N–H and O–H groups in total. The van der Waals surface area contributed by atoms with Crippen LogP contribution in [0.2, 0.25) is 5.02 Å². The number of aryl methyl sites for hydroxylation is 1. The molecular formula is C27H32ClN5O. The molecule has 6 nitrogen and oxygen atoms in total. The average Bonchev–Trinajstić information content (AvgIpc) is 3.12. The summed E-state index contributed by atoms with van der Waals surface area (Å²) in [6.45, 7) is 10.1. The molecule has 178 valence electrons. The van der Waals surface area contributed by atoms with Crippen molar-refractivity contribution in [3.63, 3.8) is 0 Å². The first-order chi connectivity index (χ1) is 16.5. The first-order valence-corrected chi connectivity index (χ1v) is 12.1. The molecule has 1 aromatic heterocycles. The molecule has 2 heterocycles. The number of amides is 1. The first-order valence-electron chi connectivity index (χ1n) is 11.8. The lowest BCUT2D eigenvalue weighted by molar-refractivity contribution is -0.116. The minimum absolute atomic E-state index is 0.0828. The van der Waals surface area contributed by atoms with Gasteiger partial charge in [-0.15, -0.1) is 0 Å². The van der Waals surface area contributed by atoms with Gasteiger partial charge in [-0.25, -0.2) is 0 Å². The van der Waals surface area contributed by atoms with Gasteiger partial charge in [0.15, 0.2) is 0 Å². The highest BCUT2D eigenvalue weighted by Crippen LogP contribution is 2.20. The molecule has 0 radical (unpaired) electrons. The highest BCUT2D eigenvalue weighted by Gasteiger charge is 2.17. The molecule has 34 heavy (non-hydrogen) atoms. The Balaban J connectivity index is 1.24. The summed E-state index contributed by atoms with van der Waals surface area (Å²) in [5, 5.41) is 8.38. The number of hydrogen-bond donors (Lipinski definition) is 1.